The number of carbonyl (C=O) groups excluding carboxylic acids is 2. The maximum absolute atomic E-state index is 11.4. The molecule has 1 aliphatic rings. The largest absolute Gasteiger partial charge is 0.370 e. The molecule has 10 nitrogen and oxygen atoms in total. The second-order valence-corrected chi connectivity index (χ2v) is 8.01. The summed E-state index contributed by atoms with van der Waals surface area (Å²) in [6, 6.07) is 13.1. The normalized spacial score (nSPS) is 13.7. The number of benzene rings is 1. The van der Waals surface area contributed by atoms with E-state index in [1.165, 1.54) is 6.92 Å². The summed E-state index contributed by atoms with van der Waals surface area (Å²) >= 11 is 0. The maximum atomic E-state index is 11.4. The summed E-state index contributed by atoms with van der Waals surface area (Å²) in [7, 11) is 0. The van der Waals surface area contributed by atoms with Crippen molar-refractivity contribution in [3.05, 3.63) is 54.4 Å². The molecule has 4 rings (SSSR count). The Morgan fingerprint density at radius 3 is 2.59 bits per heavy atom. The van der Waals surface area contributed by atoms with Crippen LogP contribution in [-0.2, 0) is 9.59 Å². The second kappa shape index (κ2) is 9.95. The van der Waals surface area contributed by atoms with E-state index in [-0.39, 0.29) is 17.7 Å². The number of nitrogens with two attached hydrogens (primary N) is 1. The number of anilines is 4. The van der Waals surface area contributed by atoms with Gasteiger partial charge in [-0.1, -0.05) is 6.07 Å². The molecule has 10 heteroatoms. The molecule has 34 heavy (non-hydrogen) atoms. The Hall–Kier alpha value is -4.52. The molecular formula is C24H24N8O2. The molecule has 3 heterocycles. The predicted octanol–water partition coefficient (Wildman–Crippen LogP) is 2.81. The van der Waals surface area contributed by atoms with Crippen molar-refractivity contribution in [1.82, 2.24) is 15.0 Å². The van der Waals surface area contributed by atoms with Gasteiger partial charge in [0.1, 0.15) is 11.9 Å². The number of hydrogen-bond donors (Lipinski definition) is 3. The molecular weight excluding hydrogens is 432 g/mol. The van der Waals surface area contributed by atoms with Crippen molar-refractivity contribution in [1.29, 1.82) is 5.26 Å². The smallest absolute Gasteiger partial charge is 0.227 e. The Morgan fingerprint density at radius 1 is 1.15 bits per heavy atom. The fraction of sp³-hybridized carbons (Fsp3) is 0.250. The number of aromatic nitrogens is 3. The van der Waals surface area contributed by atoms with Crippen LogP contribution >= 0.6 is 0 Å². The van der Waals surface area contributed by atoms with Crippen molar-refractivity contribution in [2.24, 2.45) is 11.7 Å². The Balaban J connectivity index is 1.50. The molecule has 0 spiro atoms. The van der Waals surface area contributed by atoms with E-state index >= 15 is 0 Å². The van der Waals surface area contributed by atoms with Crippen molar-refractivity contribution in [2.45, 2.75) is 19.8 Å². The van der Waals surface area contributed by atoms with Crippen molar-refractivity contribution < 1.29 is 9.59 Å². The average molecular weight is 457 g/mol. The molecule has 1 aliphatic heterocycles. The predicted molar refractivity (Wildman–Crippen MR) is 128 cm³/mol. The minimum atomic E-state index is -0.261. The standard InChI is InChI=1S/C24H24N8O2/c1-15(33)29-22-5-3-19(14-28-22)30-24-27-9-6-20(31-24)17-2-4-21(18(12-17)13-25)32-10-7-16(8-11-32)23(26)34/h2-6,9,12,14,16H,7-8,10-11H2,1H3,(H2,26,34)(H,27,30,31)(H,28,29,33). The number of hydrogen-bond acceptors (Lipinski definition) is 8. The lowest BCUT2D eigenvalue weighted by molar-refractivity contribution is -0.122. The van der Waals surface area contributed by atoms with Crippen molar-refractivity contribution in [3.8, 4) is 17.3 Å². The van der Waals surface area contributed by atoms with Gasteiger partial charge in [0.25, 0.3) is 0 Å². The van der Waals surface area contributed by atoms with Crippen LogP contribution in [0.4, 0.5) is 23.1 Å². The molecule has 1 fully saturated rings. The minimum absolute atomic E-state index is 0.107. The molecule has 0 unspecified atom stereocenters. The van der Waals surface area contributed by atoms with Crippen LogP contribution in [0.1, 0.15) is 25.3 Å². The van der Waals surface area contributed by atoms with Crippen LogP contribution in [0.5, 0.6) is 0 Å². The average Bonchev–Trinajstić information content (AvgIpc) is 2.85. The van der Waals surface area contributed by atoms with Gasteiger partial charge in [-0.25, -0.2) is 15.0 Å². The van der Waals surface area contributed by atoms with Crippen LogP contribution in [0.3, 0.4) is 0 Å². The van der Waals surface area contributed by atoms with Gasteiger partial charge in [0.15, 0.2) is 0 Å². The summed E-state index contributed by atoms with van der Waals surface area (Å²) in [5.41, 5.74) is 8.93. The van der Waals surface area contributed by atoms with Gasteiger partial charge in [-0.15, -0.1) is 0 Å². The number of rotatable bonds is 6. The zero-order valence-corrected chi connectivity index (χ0v) is 18.7. The van der Waals surface area contributed by atoms with Gasteiger partial charge in [0, 0.05) is 37.7 Å². The zero-order valence-electron chi connectivity index (χ0n) is 18.7. The van der Waals surface area contributed by atoms with Gasteiger partial charge in [-0.05, 0) is 43.2 Å². The number of nitrogens with one attached hydrogen (secondary N) is 2. The Kier molecular flexibility index (Phi) is 6.64. The highest BCUT2D eigenvalue weighted by molar-refractivity contribution is 5.87. The number of primary amides is 1. The third kappa shape index (κ3) is 5.27. The SMILES string of the molecule is CC(=O)Nc1ccc(Nc2nccc(-c3ccc(N4CCC(C(N)=O)CC4)c(C#N)c3)n2)cn1. The van der Waals surface area contributed by atoms with E-state index in [1.54, 1.807) is 30.6 Å². The monoisotopic (exact) mass is 456 g/mol. The Morgan fingerprint density at radius 2 is 1.94 bits per heavy atom. The van der Waals surface area contributed by atoms with Crippen molar-refractivity contribution in [2.75, 3.05) is 28.6 Å². The van der Waals surface area contributed by atoms with Crippen LogP contribution in [0.25, 0.3) is 11.3 Å². The fourth-order valence-corrected chi connectivity index (χ4v) is 3.90. The summed E-state index contributed by atoms with van der Waals surface area (Å²) in [6.07, 6.45) is 4.58. The van der Waals surface area contributed by atoms with Crippen LogP contribution < -0.4 is 21.3 Å². The Bertz CT molecular complexity index is 1240. The molecule has 3 aromatic rings. The summed E-state index contributed by atoms with van der Waals surface area (Å²) in [4.78, 5) is 37.7. The lowest BCUT2D eigenvalue weighted by Gasteiger charge is -2.33. The third-order valence-corrected chi connectivity index (χ3v) is 5.63. The number of nitrogens with zero attached hydrogens (tertiary/aromatic N) is 5. The highest BCUT2D eigenvalue weighted by atomic mass is 16.1. The Labute approximate surface area is 196 Å². The lowest BCUT2D eigenvalue weighted by atomic mass is 9.95. The summed E-state index contributed by atoms with van der Waals surface area (Å²) in [6.45, 7) is 2.78. The van der Waals surface area contributed by atoms with Gasteiger partial charge < -0.3 is 21.3 Å². The van der Waals surface area contributed by atoms with E-state index in [1.807, 2.05) is 18.2 Å². The number of pyridine rings is 1. The molecule has 0 aliphatic carbocycles. The highest BCUT2D eigenvalue weighted by Crippen LogP contribution is 2.30. The van der Waals surface area contributed by atoms with Crippen LogP contribution in [0, 0.1) is 17.2 Å². The highest BCUT2D eigenvalue weighted by Gasteiger charge is 2.24. The summed E-state index contributed by atoms with van der Waals surface area (Å²) < 4.78 is 0. The van der Waals surface area contributed by atoms with Gasteiger partial charge in [0.2, 0.25) is 17.8 Å². The van der Waals surface area contributed by atoms with E-state index in [4.69, 9.17) is 5.73 Å². The first-order valence-corrected chi connectivity index (χ1v) is 10.9. The van der Waals surface area contributed by atoms with Crippen LogP contribution in [0.15, 0.2) is 48.8 Å². The first-order valence-electron chi connectivity index (χ1n) is 10.9. The van der Waals surface area contributed by atoms with Gasteiger partial charge in [0.05, 0.1) is 28.8 Å². The van der Waals surface area contributed by atoms with E-state index in [0.29, 0.717) is 54.6 Å². The minimum Gasteiger partial charge on any atom is -0.370 e. The number of piperidine rings is 1. The number of carbonyl (C=O) groups is 2. The topological polar surface area (TPSA) is 150 Å². The van der Waals surface area contributed by atoms with Crippen molar-refractivity contribution >= 4 is 35.0 Å². The van der Waals surface area contributed by atoms with E-state index < -0.39 is 0 Å². The molecule has 1 aromatic carbocycles. The maximum Gasteiger partial charge on any atom is 0.227 e. The zero-order chi connectivity index (χ0) is 24.1. The first-order chi connectivity index (χ1) is 16.4. The molecule has 0 radical (unpaired) electrons. The lowest BCUT2D eigenvalue weighted by Crippen LogP contribution is -2.38. The molecule has 0 saturated carbocycles. The quantitative estimate of drug-likeness (QED) is 0.512. The van der Waals surface area contributed by atoms with Crippen LogP contribution in [0.2, 0.25) is 0 Å². The number of amides is 2. The number of nitriles is 1. The van der Waals surface area contributed by atoms with Crippen molar-refractivity contribution in [3.63, 3.8) is 0 Å². The van der Waals surface area contributed by atoms with E-state index in [9.17, 15) is 14.9 Å². The molecule has 1 saturated heterocycles. The molecule has 0 atom stereocenters. The molecule has 4 N–H and O–H groups in total. The van der Waals surface area contributed by atoms with Crippen LogP contribution in [-0.4, -0.2) is 39.9 Å². The van der Waals surface area contributed by atoms with E-state index in [2.05, 4.69) is 36.6 Å². The first kappa shape index (κ1) is 22.7. The molecule has 2 aromatic heterocycles. The van der Waals surface area contributed by atoms with E-state index in [0.717, 1.165) is 11.3 Å². The van der Waals surface area contributed by atoms with Gasteiger partial charge in [-0.3, -0.25) is 9.59 Å². The molecule has 2 amide bonds. The summed E-state index contributed by atoms with van der Waals surface area (Å²) in [5.74, 6) is 0.272. The molecule has 172 valence electrons. The fourth-order valence-electron chi connectivity index (χ4n) is 3.90. The third-order valence-electron chi connectivity index (χ3n) is 5.63. The summed E-state index contributed by atoms with van der Waals surface area (Å²) in [5, 5.41) is 15.5. The second-order valence-electron chi connectivity index (χ2n) is 8.01. The van der Waals surface area contributed by atoms with Gasteiger partial charge >= 0.3 is 0 Å². The molecule has 0 bridgehead atoms. The van der Waals surface area contributed by atoms with Gasteiger partial charge in [-0.2, -0.15) is 5.26 Å².